The predicted octanol–water partition coefficient (Wildman–Crippen LogP) is 1.08. The topological polar surface area (TPSA) is 44.4 Å². The summed E-state index contributed by atoms with van der Waals surface area (Å²) in [5.41, 5.74) is 0. The molecule has 0 aromatic heterocycles. The molecule has 0 atom stereocenters. The highest BCUT2D eigenvalue weighted by atomic mass is 16.1. The van der Waals surface area contributed by atoms with E-state index in [0.29, 0.717) is 0 Å². The van der Waals surface area contributed by atoms with Gasteiger partial charge in [0.2, 0.25) is 6.41 Å². The molecule has 17 heavy (non-hydrogen) atoms. The normalized spacial score (nSPS) is 20.5. The Labute approximate surface area is 106 Å². The van der Waals surface area contributed by atoms with Crippen LogP contribution in [0, 0.1) is 5.92 Å². The molecule has 2 heterocycles. The monoisotopic (exact) mass is 243 g/mol. The van der Waals surface area contributed by atoms with Crippen molar-refractivity contribution in [2.45, 2.75) is 33.6 Å². The molecule has 102 valence electrons. The molecule has 4 heteroatoms. The Morgan fingerprint density at radius 2 is 1.47 bits per heavy atom. The van der Waals surface area contributed by atoms with Gasteiger partial charge in [-0.15, -0.1) is 0 Å². The van der Waals surface area contributed by atoms with Crippen LogP contribution in [-0.4, -0.2) is 50.6 Å². The van der Waals surface area contributed by atoms with E-state index in [9.17, 15) is 4.79 Å². The van der Waals surface area contributed by atoms with E-state index in [1.807, 2.05) is 13.8 Å². The average molecular weight is 243 g/mol. The van der Waals surface area contributed by atoms with Gasteiger partial charge in [-0.1, -0.05) is 20.8 Å². The predicted molar refractivity (Wildman–Crippen MR) is 73.1 cm³/mol. The highest BCUT2D eigenvalue weighted by Crippen LogP contribution is 2.08. The van der Waals surface area contributed by atoms with Crippen molar-refractivity contribution in [3.8, 4) is 0 Å². The van der Waals surface area contributed by atoms with Crippen LogP contribution in [0.25, 0.3) is 0 Å². The Hall–Kier alpha value is -0.610. The molecule has 0 aliphatic carbocycles. The lowest BCUT2D eigenvalue weighted by Gasteiger charge is -2.22. The van der Waals surface area contributed by atoms with Crippen molar-refractivity contribution in [3.05, 3.63) is 0 Å². The summed E-state index contributed by atoms with van der Waals surface area (Å²) >= 11 is 0. The first-order valence-electron chi connectivity index (χ1n) is 6.93. The highest BCUT2D eigenvalue weighted by Gasteiger charge is 2.05. The zero-order chi connectivity index (χ0) is 12.9. The number of amides is 1. The Balaban J connectivity index is 0.000000265. The Morgan fingerprint density at radius 1 is 1.00 bits per heavy atom. The minimum Gasteiger partial charge on any atom is -0.343 e. The van der Waals surface area contributed by atoms with Crippen molar-refractivity contribution < 1.29 is 4.79 Å². The van der Waals surface area contributed by atoms with Crippen molar-refractivity contribution in [3.63, 3.8) is 0 Å². The minimum atomic E-state index is 0.865. The van der Waals surface area contributed by atoms with Crippen LogP contribution in [0.1, 0.15) is 33.6 Å². The SMILES string of the molecule is CC.CC1CCNCC1.O=CN1CCNCC1. The first-order chi connectivity index (χ1) is 8.33. The maximum atomic E-state index is 10.1. The number of piperazine rings is 1. The number of carbonyl (C=O) groups excluding carboxylic acids is 1. The number of hydrogen-bond donors (Lipinski definition) is 2. The second-order valence-electron chi connectivity index (χ2n) is 4.32. The van der Waals surface area contributed by atoms with E-state index in [1.165, 1.54) is 25.9 Å². The number of carbonyl (C=O) groups is 1. The lowest BCUT2D eigenvalue weighted by atomic mass is 10.0. The van der Waals surface area contributed by atoms with E-state index >= 15 is 0 Å². The van der Waals surface area contributed by atoms with Gasteiger partial charge >= 0.3 is 0 Å². The fraction of sp³-hybridized carbons (Fsp3) is 0.923. The molecule has 2 fully saturated rings. The molecule has 0 aromatic carbocycles. The largest absolute Gasteiger partial charge is 0.343 e. The Bertz CT molecular complexity index is 164. The summed E-state index contributed by atoms with van der Waals surface area (Å²) in [6, 6.07) is 0. The van der Waals surface area contributed by atoms with Gasteiger partial charge in [0.15, 0.2) is 0 Å². The molecular formula is C13H29N3O. The number of nitrogens with zero attached hydrogens (tertiary/aromatic N) is 1. The summed E-state index contributed by atoms with van der Waals surface area (Å²) in [7, 11) is 0. The maximum Gasteiger partial charge on any atom is 0.209 e. The van der Waals surface area contributed by atoms with Gasteiger partial charge < -0.3 is 15.5 Å². The number of rotatable bonds is 1. The molecule has 0 radical (unpaired) electrons. The third-order valence-corrected chi connectivity index (χ3v) is 2.93. The molecule has 0 spiro atoms. The first kappa shape index (κ1) is 16.4. The van der Waals surface area contributed by atoms with Crippen LogP contribution in [0.4, 0.5) is 0 Å². The van der Waals surface area contributed by atoms with Crippen LogP contribution in [0.5, 0.6) is 0 Å². The first-order valence-corrected chi connectivity index (χ1v) is 6.93. The van der Waals surface area contributed by atoms with Gasteiger partial charge in [-0.3, -0.25) is 4.79 Å². The smallest absolute Gasteiger partial charge is 0.209 e. The fourth-order valence-corrected chi connectivity index (χ4v) is 1.75. The lowest BCUT2D eigenvalue weighted by Crippen LogP contribution is -2.42. The molecule has 0 unspecified atom stereocenters. The second-order valence-corrected chi connectivity index (χ2v) is 4.32. The van der Waals surface area contributed by atoms with Gasteiger partial charge in [0.05, 0.1) is 0 Å². The van der Waals surface area contributed by atoms with Crippen molar-refractivity contribution >= 4 is 6.41 Å². The summed E-state index contributed by atoms with van der Waals surface area (Å²) in [6.07, 6.45) is 3.65. The van der Waals surface area contributed by atoms with Crippen molar-refractivity contribution in [1.29, 1.82) is 0 Å². The van der Waals surface area contributed by atoms with E-state index in [0.717, 1.165) is 38.5 Å². The number of nitrogens with one attached hydrogen (secondary N) is 2. The summed E-state index contributed by atoms with van der Waals surface area (Å²) < 4.78 is 0. The van der Waals surface area contributed by atoms with Crippen molar-refractivity contribution in [2.24, 2.45) is 5.92 Å². The summed E-state index contributed by atoms with van der Waals surface area (Å²) in [6.45, 7) is 12.4. The molecule has 2 aliphatic heterocycles. The van der Waals surface area contributed by atoms with E-state index < -0.39 is 0 Å². The minimum absolute atomic E-state index is 0.865. The van der Waals surface area contributed by atoms with Gasteiger partial charge in [-0.05, 0) is 31.8 Å². The number of piperidine rings is 1. The quantitative estimate of drug-likeness (QED) is 0.677. The fourth-order valence-electron chi connectivity index (χ4n) is 1.75. The molecule has 4 nitrogen and oxygen atoms in total. The third-order valence-electron chi connectivity index (χ3n) is 2.93. The van der Waals surface area contributed by atoms with E-state index in [1.54, 1.807) is 4.90 Å². The molecule has 2 aliphatic rings. The second kappa shape index (κ2) is 11.9. The molecule has 0 saturated carbocycles. The molecule has 2 saturated heterocycles. The standard InChI is InChI=1S/C6H13N.C5H10N2O.C2H6/c1-6-2-4-7-5-3-6;8-5-7-3-1-6-2-4-7;1-2/h6-7H,2-5H2,1H3;5-6H,1-4H2;1-2H3. The summed E-state index contributed by atoms with van der Waals surface area (Å²) in [4.78, 5) is 11.8. The van der Waals surface area contributed by atoms with Crippen LogP contribution in [0.2, 0.25) is 0 Å². The average Bonchev–Trinajstić information content (AvgIpc) is 2.43. The molecule has 0 aromatic rings. The lowest BCUT2D eigenvalue weighted by molar-refractivity contribution is -0.118. The Morgan fingerprint density at radius 3 is 1.76 bits per heavy atom. The van der Waals surface area contributed by atoms with Gasteiger partial charge in [0, 0.05) is 26.2 Å². The van der Waals surface area contributed by atoms with Gasteiger partial charge in [0.25, 0.3) is 0 Å². The maximum absolute atomic E-state index is 10.1. The van der Waals surface area contributed by atoms with Crippen LogP contribution < -0.4 is 10.6 Å². The zero-order valence-electron chi connectivity index (χ0n) is 11.7. The molecule has 1 amide bonds. The van der Waals surface area contributed by atoms with E-state index in [2.05, 4.69) is 17.6 Å². The zero-order valence-corrected chi connectivity index (χ0v) is 11.7. The third kappa shape index (κ3) is 9.12. The molecule has 2 N–H and O–H groups in total. The van der Waals surface area contributed by atoms with Crippen LogP contribution in [0.3, 0.4) is 0 Å². The van der Waals surface area contributed by atoms with E-state index in [4.69, 9.17) is 0 Å². The van der Waals surface area contributed by atoms with Crippen LogP contribution >= 0.6 is 0 Å². The van der Waals surface area contributed by atoms with Crippen LogP contribution in [0.15, 0.2) is 0 Å². The Kier molecular flexibility index (Phi) is 11.4. The van der Waals surface area contributed by atoms with Gasteiger partial charge in [0.1, 0.15) is 0 Å². The number of hydrogen-bond acceptors (Lipinski definition) is 3. The molecule has 0 bridgehead atoms. The van der Waals surface area contributed by atoms with Gasteiger partial charge in [-0.2, -0.15) is 0 Å². The summed E-state index contributed by atoms with van der Waals surface area (Å²) in [5.74, 6) is 0.973. The van der Waals surface area contributed by atoms with Crippen LogP contribution in [-0.2, 0) is 4.79 Å². The molecule has 2 rings (SSSR count). The highest BCUT2D eigenvalue weighted by molar-refractivity contribution is 5.47. The molecular weight excluding hydrogens is 214 g/mol. The summed E-state index contributed by atoms with van der Waals surface area (Å²) in [5, 5.41) is 6.46. The van der Waals surface area contributed by atoms with Gasteiger partial charge in [-0.25, -0.2) is 0 Å². The van der Waals surface area contributed by atoms with E-state index in [-0.39, 0.29) is 0 Å². The van der Waals surface area contributed by atoms with Crippen molar-refractivity contribution in [1.82, 2.24) is 15.5 Å². The van der Waals surface area contributed by atoms with Crippen molar-refractivity contribution in [2.75, 3.05) is 39.3 Å².